The Morgan fingerprint density at radius 2 is 1.78 bits per heavy atom. The average molecular weight is 306 g/mol. The Labute approximate surface area is 136 Å². The van der Waals surface area contributed by atoms with E-state index < -0.39 is 0 Å². The molecular weight excluding hydrogens is 284 g/mol. The van der Waals surface area contributed by atoms with Crippen molar-refractivity contribution in [1.82, 2.24) is 14.8 Å². The fourth-order valence-corrected chi connectivity index (χ4v) is 3.68. The Morgan fingerprint density at radius 3 is 2.52 bits per heavy atom. The second-order valence-electron chi connectivity index (χ2n) is 6.52. The monoisotopic (exact) mass is 306 g/mol. The van der Waals surface area contributed by atoms with Crippen LogP contribution >= 0.6 is 0 Å². The minimum Gasteiger partial charge on any atom is -0.371 e. The second-order valence-corrected chi connectivity index (χ2v) is 6.52. The molecule has 4 nitrogen and oxygen atoms in total. The van der Waals surface area contributed by atoms with E-state index in [9.17, 15) is 0 Å². The van der Waals surface area contributed by atoms with E-state index in [1.54, 1.807) is 0 Å². The summed E-state index contributed by atoms with van der Waals surface area (Å²) >= 11 is 0. The lowest BCUT2D eigenvalue weighted by atomic mass is 10.0. The number of pyridine rings is 1. The molecule has 1 fully saturated rings. The first-order chi connectivity index (χ1) is 11.1. The SMILES string of the molecule is Cc1cc(-c2cc(C)c3c(cnn3C)n2)ccc1N1CCCC1. The molecule has 0 unspecified atom stereocenters. The van der Waals surface area contributed by atoms with Gasteiger partial charge in [0.05, 0.1) is 17.4 Å². The number of fused-ring (bicyclic) bond motifs is 1. The third-order valence-electron chi connectivity index (χ3n) is 4.83. The summed E-state index contributed by atoms with van der Waals surface area (Å²) in [6.45, 7) is 6.69. The zero-order chi connectivity index (χ0) is 16.0. The molecule has 2 aromatic heterocycles. The molecule has 3 heterocycles. The first-order valence-electron chi connectivity index (χ1n) is 8.29. The number of hydrogen-bond acceptors (Lipinski definition) is 3. The molecule has 1 aliphatic rings. The third-order valence-corrected chi connectivity index (χ3v) is 4.83. The van der Waals surface area contributed by atoms with Crippen molar-refractivity contribution < 1.29 is 0 Å². The summed E-state index contributed by atoms with van der Waals surface area (Å²) in [6.07, 6.45) is 4.45. The number of aromatic nitrogens is 3. The van der Waals surface area contributed by atoms with Gasteiger partial charge in [-0.15, -0.1) is 0 Å². The van der Waals surface area contributed by atoms with Crippen molar-refractivity contribution in [2.75, 3.05) is 18.0 Å². The highest BCUT2D eigenvalue weighted by Gasteiger charge is 2.15. The first-order valence-corrected chi connectivity index (χ1v) is 8.29. The molecule has 0 saturated carbocycles. The van der Waals surface area contributed by atoms with Gasteiger partial charge >= 0.3 is 0 Å². The van der Waals surface area contributed by atoms with Gasteiger partial charge in [-0.25, -0.2) is 4.98 Å². The van der Waals surface area contributed by atoms with E-state index in [0.29, 0.717) is 0 Å². The predicted octanol–water partition coefficient (Wildman–Crippen LogP) is 3.85. The van der Waals surface area contributed by atoms with Crippen LogP contribution in [0, 0.1) is 13.8 Å². The van der Waals surface area contributed by atoms with Gasteiger partial charge in [0, 0.05) is 31.4 Å². The lowest BCUT2D eigenvalue weighted by Crippen LogP contribution is -2.18. The molecule has 4 heteroatoms. The maximum absolute atomic E-state index is 4.80. The highest BCUT2D eigenvalue weighted by Crippen LogP contribution is 2.30. The molecule has 0 radical (unpaired) electrons. The summed E-state index contributed by atoms with van der Waals surface area (Å²) < 4.78 is 1.89. The van der Waals surface area contributed by atoms with Crippen LogP contribution in [0.3, 0.4) is 0 Å². The molecule has 1 aliphatic heterocycles. The lowest BCUT2D eigenvalue weighted by molar-refractivity contribution is 0.794. The van der Waals surface area contributed by atoms with E-state index >= 15 is 0 Å². The molecule has 1 aromatic carbocycles. The van der Waals surface area contributed by atoms with Gasteiger partial charge in [0.2, 0.25) is 0 Å². The fraction of sp³-hybridized carbons (Fsp3) is 0.368. The van der Waals surface area contributed by atoms with Crippen LogP contribution in [-0.4, -0.2) is 27.9 Å². The lowest BCUT2D eigenvalue weighted by Gasteiger charge is -2.20. The van der Waals surface area contributed by atoms with Gasteiger partial charge in [-0.2, -0.15) is 5.10 Å². The highest BCUT2D eigenvalue weighted by atomic mass is 15.3. The molecule has 23 heavy (non-hydrogen) atoms. The number of aryl methyl sites for hydroxylation is 3. The molecular formula is C19H22N4. The zero-order valence-electron chi connectivity index (χ0n) is 14.0. The number of anilines is 1. The predicted molar refractivity (Wildman–Crippen MR) is 94.9 cm³/mol. The molecule has 0 amide bonds. The van der Waals surface area contributed by atoms with Crippen LogP contribution in [0.1, 0.15) is 24.0 Å². The van der Waals surface area contributed by atoms with E-state index in [4.69, 9.17) is 4.98 Å². The summed E-state index contributed by atoms with van der Waals surface area (Å²) in [5.74, 6) is 0. The fourth-order valence-electron chi connectivity index (χ4n) is 3.68. The number of nitrogens with zero attached hydrogens (tertiary/aromatic N) is 4. The summed E-state index contributed by atoms with van der Waals surface area (Å²) in [7, 11) is 1.96. The second kappa shape index (κ2) is 5.37. The third kappa shape index (κ3) is 2.38. The minimum absolute atomic E-state index is 0.962. The molecule has 0 spiro atoms. The van der Waals surface area contributed by atoms with Crippen LogP contribution in [0.4, 0.5) is 5.69 Å². The first kappa shape index (κ1) is 14.2. The molecule has 0 bridgehead atoms. The Kier molecular flexibility index (Phi) is 3.33. The van der Waals surface area contributed by atoms with E-state index in [-0.39, 0.29) is 0 Å². The quantitative estimate of drug-likeness (QED) is 0.721. The topological polar surface area (TPSA) is 34.0 Å². The van der Waals surface area contributed by atoms with Gasteiger partial charge in [-0.1, -0.05) is 6.07 Å². The van der Waals surface area contributed by atoms with E-state index in [1.165, 1.54) is 48.3 Å². The van der Waals surface area contributed by atoms with Crippen molar-refractivity contribution in [2.24, 2.45) is 7.05 Å². The van der Waals surface area contributed by atoms with Crippen molar-refractivity contribution in [2.45, 2.75) is 26.7 Å². The molecule has 118 valence electrons. The van der Waals surface area contributed by atoms with E-state index in [0.717, 1.165) is 16.7 Å². The van der Waals surface area contributed by atoms with E-state index in [1.807, 2.05) is 17.9 Å². The van der Waals surface area contributed by atoms with Crippen LogP contribution < -0.4 is 4.90 Å². The summed E-state index contributed by atoms with van der Waals surface area (Å²) in [5.41, 5.74) is 8.19. The Hall–Kier alpha value is -2.36. The molecule has 1 saturated heterocycles. The van der Waals surface area contributed by atoms with Gasteiger partial charge in [0.1, 0.15) is 5.52 Å². The number of hydrogen-bond donors (Lipinski definition) is 0. The molecule has 0 N–H and O–H groups in total. The Balaban J connectivity index is 1.77. The largest absolute Gasteiger partial charge is 0.371 e. The number of benzene rings is 1. The van der Waals surface area contributed by atoms with Crippen molar-refractivity contribution in [1.29, 1.82) is 0 Å². The maximum Gasteiger partial charge on any atom is 0.109 e. The average Bonchev–Trinajstić information content (AvgIpc) is 3.17. The van der Waals surface area contributed by atoms with E-state index in [2.05, 4.69) is 48.1 Å². The molecule has 0 aliphatic carbocycles. The Morgan fingerprint density at radius 1 is 1.00 bits per heavy atom. The maximum atomic E-state index is 4.80. The van der Waals surface area contributed by atoms with Gasteiger partial charge in [0.25, 0.3) is 0 Å². The van der Waals surface area contributed by atoms with Crippen molar-refractivity contribution >= 4 is 16.7 Å². The van der Waals surface area contributed by atoms with Gasteiger partial charge in [0.15, 0.2) is 0 Å². The summed E-state index contributed by atoms with van der Waals surface area (Å²) in [6, 6.07) is 8.87. The summed E-state index contributed by atoms with van der Waals surface area (Å²) in [4.78, 5) is 7.29. The van der Waals surface area contributed by atoms with Crippen molar-refractivity contribution in [3.63, 3.8) is 0 Å². The zero-order valence-corrected chi connectivity index (χ0v) is 14.0. The van der Waals surface area contributed by atoms with Crippen molar-refractivity contribution in [3.8, 4) is 11.3 Å². The highest BCUT2D eigenvalue weighted by molar-refractivity contribution is 5.82. The number of rotatable bonds is 2. The smallest absolute Gasteiger partial charge is 0.109 e. The van der Waals surface area contributed by atoms with Crippen molar-refractivity contribution in [3.05, 3.63) is 41.6 Å². The minimum atomic E-state index is 0.962. The van der Waals surface area contributed by atoms with Crippen LogP contribution in [0.2, 0.25) is 0 Å². The van der Waals surface area contributed by atoms with Gasteiger partial charge in [-0.3, -0.25) is 4.68 Å². The molecule has 4 rings (SSSR count). The molecule has 0 atom stereocenters. The van der Waals surface area contributed by atoms with Gasteiger partial charge in [-0.05, 0) is 56.0 Å². The standard InChI is InChI=1S/C19H22N4/c1-13-10-15(6-7-18(13)23-8-4-5-9-23)16-11-14(2)19-17(21-16)12-20-22(19)3/h6-7,10-12H,4-5,8-9H2,1-3H3. The summed E-state index contributed by atoms with van der Waals surface area (Å²) in [5, 5.41) is 4.32. The molecule has 3 aromatic rings. The Bertz CT molecular complexity index is 872. The normalized spacial score (nSPS) is 14.8. The van der Waals surface area contributed by atoms with Gasteiger partial charge < -0.3 is 4.90 Å². The van der Waals surface area contributed by atoms with Crippen LogP contribution in [0.5, 0.6) is 0 Å². The van der Waals surface area contributed by atoms with Crippen LogP contribution in [0.25, 0.3) is 22.3 Å². The van der Waals surface area contributed by atoms with Crippen LogP contribution in [-0.2, 0) is 7.05 Å². The van der Waals surface area contributed by atoms with Crippen LogP contribution in [0.15, 0.2) is 30.5 Å².